The van der Waals surface area contributed by atoms with Gasteiger partial charge in [-0.1, -0.05) is 152 Å². The van der Waals surface area contributed by atoms with Gasteiger partial charge in [0.15, 0.2) is 0 Å². The molecule has 1 heterocycles. The van der Waals surface area contributed by atoms with Gasteiger partial charge in [-0.15, -0.1) is 0 Å². The summed E-state index contributed by atoms with van der Waals surface area (Å²) in [5.74, 6) is -0.127. The van der Waals surface area contributed by atoms with Crippen molar-refractivity contribution in [3.05, 3.63) is 179 Å². The summed E-state index contributed by atoms with van der Waals surface area (Å²) in [6.07, 6.45) is 1.38. The molecule has 5 aromatic carbocycles. The van der Waals surface area contributed by atoms with Crippen molar-refractivity contribution in [1.29, 1.82) is 0 Å². The van der Waals surface area contributed by atoms with E-state index in [1.54, 1.807) is 0 Å². The van der Waals surface area contributed by atoms with Gasteiger partial charge < -0.3 is 5.11 Å². The lowest BCUT2D eigenvalue weighted by atomic mass is 9.74. The van der Waals surface area contributed by atoms with E-state index in [1.807, 2.05) is 12.1 Å². The van der Waals surface area contributed by atoms with Gasteiger partial charge in [0.05, 0.1) is 11.6 Å². The molecule has 1 aliphatic rings. The van der Waals surface area contributed by atoms with E-state index in [2.05, 4.69) is 144 Å². The van der Waals surface area contributed by atoms with Crippen LogP contribution in [0.3, 0.4) is 0 Å². The lowest BCUT2D eigenvalue weighted by molar-refractivity contribution is 0.0246. The second-order valence-electron chi connectivity index (χ2n) is 10.5. The van der Waals surface area contributed by atoms with Gasteiger partial charge in [-0.25, -0.2) is 0 Å². The molecule has 0 bridgehead atoms. The van der Waals surface area contributed by atoms with Gasteiger partial charge in [0, 0.05) is 18.5 Å². The highest BCUT2D eigenvalue weighted by Gasteiger charge is 2.49. The molecule has 1 aliphatic heterocycles. The van der Waals surface area contributed by atoms with E-state index in [-0.39, 0.29) is 12.0 Å². The summed E-state index contributed by atoms with van der Waals surface area (Å²) in [5.41, 5.74) is 5.41. The molecule has 194 valence electrons. The van der Waals surface area contributed by atoms with E-state index in [0.29, 0.717) is 0 Å². The van der Waals surface area contributed by atoms with Crippen molar-refractivity contribution >= 4 is 0 Å². The van der Waals surface area contributed by atoms with Crippen LogP contribution in [-0.2, 0) is 5.54 Å². The molecule has 0 spiro atoms. The summed E-state index contributed by atoms with van der Waals surface area (Å²) in [5, 5.41) is 12.4. The molecule has 0 saturated carbocycles. The minimum absolute atomic E-state index is 0.0453. The molecule has 2 heteroatoms. The number of rotatable bonds is 8. The number of aliphatic hydroxyl groups excluding tert-OH is 1. The Labute approximate surface area is 232 Å². The van der Waals surface area contributed by atoms with E-state index in [1.165, 1.54) is 16.7 Å². The number of aliphatic hydroxyl groups is 1. The largest absolute Gasteiger partial charge is 0.391 e. The fourth-order valence-electron chi connectivity index (χ4n) is 6.73. The fraction of sp³-hybridized carbons (Fsp3) is 0.189. The zero-order valence-corrected chi connectivity index (χ0v) is 22.2. The lowest BCUT2D eigenvalue weighted by Crippen LogP contribution is -2.54. The first kappa shape index (κ1) is 25.3. The Morgan fingerprint density at radius 3 is 1.28 bits per heavy atom. The number of hydrogen-bond acceptors (Lipinski definition) is 2. The molecule has 39 heavy (non-hydrogen) atoms. The summed E-state index contributed by atoms with van der Waals surface area (Å²) in [6, 6.07) is 53.5. The van der Waals surface area contributed by atoms with Gasteiger partial charge in [0.2, 0.25) is 0 Å². The van der Waals surface area contributed by atoms with E-state index in [4.69, 9.17) is 0 Å². The molecule has 0 radical (unpaired) electrons. The van der Waals surface area contributed by atoms with Crippen LogP contribution in [0.4, 0.5) is 0 Å². The summed E-state index contributed by atoms with van der Waals surface area (Å²) in [6.45, 7) is 0.900. The molecule has 5 aromatic rings. The van der Waals surface area contributed by atoms with Crippen LogP contribution in [0.15, 0.2) is 152 Å². The third-order valence-electron chi connectivity index (χ3n) is 8.36. The Balaban J connectivity index is 1.54. The Kier molecular flexibility index (Phi) is 7.40. The van der Waals surface area contributed by atoms with E-state index in [9.17, 15) is 5.11 Å². The zero-order valence-electron chi connectivity index (χ0n) is 22.2. The van der Waals surface area contributed by atoms with Crippen LogP contribution in [0.2, 0.25) is 0 Å². The van der Waals surface area contributed by atoms with Crippen LogP contribution in [0.5, 0.6) is 0 Å². The summed E-state index contributed by atoms with van der Waals surface area (Å²) in [7, 11) is 0. The molecule has 1 fully saturated rings. The van der Waals surface area contributed by atoms with Crippen molar-refractivity contribution in [1.82, 2.24) is 4.90 Å². The van der Waals surface area contributed by atoms with Gasteiger partial charge in [0.1, 0.15) is 0 Å². The molecule has 1 unspecified atom stereocenters. The highest BCUT2D eigenvalue weighted by atomic mass is 16.3. The Morgan fingerprint density at radius 2 is 0.897 bits per heavy atom. The third kappa shape index (κ3) is 4.71. The van der Waals surface area contributed by atoms with E-state index < -0.39 is 11.6 Å². The van der Waals surface area contributed by atoms with Gasteiger partial charge in [-0.2, -0.15) is 0 Å². The maximum atomic E-state index is 12.4. The first-order valence-corrected chi connectivity index (χ1v) is 14.0. The van der Waals surface area contributed by atoms with Gasteiger partial charge in [-0.3, -0.25) is 4.90 Å². The second kappa shape index (κ2) is 11.4. The number of likely N-dealkylation sites (tertiary alicyclic amines) is 1. The third-order valence-corrected chi connectivity index (χ3v) is 8.36. The quantitative estimate of drug-likeness (QED) is 0.217. The maximum absolute atomic E-state index is 12.4. The fourth-order valence-corrected chi connectivity index (χ4v) is 6.73. The SMILES string of the molecule is OC(C(c1ccccc1)c1ccccc1)[C@H]1CCCN1C(c1ccccc1)(c1ccccc1)c1ccccc1. The Morgan fingerprint density at radius 1 is 0.538 bits per heavy atom. The van der Waals surface area contributed by atoms with Crippen molar-refractivity contribution in [2.75, 3.05) is 6.54 Å². The minimum Gasteiger partial charge on any atom is -0.391 e. The predicted octanol–water partition coefficient (Wildman–Crippen LogP) is 7.64. The molecule has 0 aromatic heterocycles. The van der Waals surface area contributed by atoms with Crippen LogP contribution in [0, 0.1) is 0 Å². The van der Waals surface area contributed by atoms with E-state index in [0.717, 1.165) is 30.5 Å². The van der Waals surface area contributed by atoms with Crippen molar-refractivity contribution < 1.29 is 5.11 Å². The average molecular weight is 510 g/mol. The van der Waals surface area contributed by atoms with Gasteiger partial charge in [0.25, 0.3) is 0 Å². The Bertz CT molecular complexity index is 1300. The second-order valence-corrected chi connectivity index (χ2v) is 10.5. The minimum atomic E-state index is -0.590. The molecular weight excluding hydrogens is 474 g/mol. The standard InChI is InChI=1S/C37H35NO/c39-36(35(29-17-6-1-7-18-29)30-19-8-2-9-20-30)34-27-16-28-38(34)37(31-21-10-3-11-22-31,32-23-12-4-13-24-32)33-25-14-5-15-26-33/h1-15,17-26,34-36,39H,16,27-28H2/t34-,36?/m1/s1. The summed E-state index contributed by atoms with van der Waals surface area (Å²) < 4.78 is 0. The van der Waals surface area contributed by atoms with Gasteiger partial charge >= 0.3 is 0 Å². The molecule has 0 amide bonds. The maximum Gasteiger partial charge on any atom is 0.0976 e. The summed E-state index contributed by atoms with van der Waals surface area (Å²) >= 11 is 0. The Hall–Kier alpha value is -3.98. The van der Waals surface area contributed by atoms with Gasteiger partial charge in [-0.05, 0) is 40.7 Å². The monoisotopic (exact) mass is 509 g/mol. The topological polar surface area (TPSA) is 23.5 Å². The van der Waals surface area contributed by atoms with Crippen molar-refractivity contribution in [3.63, 3.8) is 0 Å². The highest BCUT2D eigenvalue weighted by Crippen LogP contribution is 2.48. The number of benzene rings is 5. The van der Waals surface area contributed by atoms with Crippen molar-refractivity contribution in [2.45, 2.75) is 36.4 Å². The number of hydrogen-bond donors (Lipinski definition) is 1. The first-order valence-electron chi connectivity index (χ1n) is 14.0. The van der Waals surface area contributed by atoms with Crippen LogP contribution < -0.4 is 0 Å². The molecule has 2 atom stereocenters. The average Bonchev–Trinajstić information content (AvgIpc) is 3.51. The van der Waals surface area contributed by atoms with Crippen LogP contribution >= 0.6 is 0 Å². The molecule has 2 nitrogen and oxygen atoms in total. The lowest BCUT2D eigenvalue weighted by Gasteiger charge is -2.48. The van der Waals surface area contributed by atoms with E-state index >= 15 is 0 Å². The van der Waals surface area contributed by atoms with Crippen LogP contribution in [0.1, 0.15) is 46.6 Å². The van der Waals surface area contributed by atoms with Crippen molar-refractivity contribution in [3.8, 4) is 0 Å². The predicted molar refractivity (Wildman–Crippen MR) is 160 cm³/mol. The molecule has 0 aliphatic carbocycles. The highest BCUT2D eigenvalue weighted by molar-refractivity contribution is 5.50. The first-order chi connectivity index (χ1) is 19.3. The summed E-state index contributed by atoms with van der Waals surface area (Å²) in [4.78, 5) is 2.59. The number of nitrogens with zero attached hydrogens (tertiary/aromatic N) is 1. The molecule has 6 rings (SSSR count). The molecule has 1 N–H and O–H groups in total. The molecule has 1 saturated heterocycles. The zero-order chi connectivity index (χ0) is 26.5. The van der Waals surface area contributed by atoms with Crippen LogP contribution in [-0.4, -0.2) is 28.7 Å². The molecular formula is C37H35NO. The van der Waals surface area contributed by atoms with Crippen molar-refractivity contribution in [2.24, 2.45) is 0 Å². The smallest absolute Gasteiger partial charge is 0.0976 e. The van der Waals surface area contributed by atoms with Crippen LogP contribution in [0.25, 0.3) is 0 Å². The normalized spacial score (nSPS) is 16.8.